The third-order valence-corrected chi connectivity index (χ3v) is 13.1. The predicted octanol–water partition coefficient (Wildman–Crippen LogP) is 4.83. The molecule has 0 unspecified atom stereocenters. The number of aromatic nitrogens is 2. The fourth-order valence-electron chi connectivity index (χ4n) is 7.54. The number of nitrogens with one attached hydrogen (secondary N) is 5. The van der Waals surface area contributed by atoms with E-state index in [2.05, 4.69) is 35.5 Å². The average molecular weight is 1090 g/mol. The molecule has 6 rings (SSSR count). The van der Waals surface area contributed by atoms with Gasteiger partial charge in [0.15, 0.2) is 5.96 Å². The van der Waals surface area contributed by atoms with E-state index < -0.39 is 15.9 Å². The Labute approximate surface area is 439 Å². The molecule has 5 aromatic rings. The van der Waals surface area contributed by atoms with Gasteiger partial charge in [-0.3, -0.25) is 20.3 Å². The molecule has 1 aliphatic rings. The lowest BCUT2D eigenvalue weighted by atomic mass is 9.85. The molecule has 0 saturated carbocycles. The van der Waals surface area contributed by atoms with Gasteiger partial charge in [0.2, 0.25) is 27.8 Å². The van der Waals surface area contributed by atoms with Gasteiger partial charge in [-0.25, -0.2) is 23.1 Å². The Morgan fingerprint density at radius 1 is 0.726 bits per heavy atom. The van der Waals surface area contributed by atoms with E-state index in [1.807, 2.05) is 43.4 Å². The van der Waals surface area contributed by atoms with E-state index in [-0.39, 0.29) is 101 Å². The number of halogens is 3. The van der Waals surface area contributed by atoms with Crippen LogP contribution in [0.3, 0.4) is 0 Å². The van der Waals surface area contributed by atoms with Gasteiger partial charge < -0.3 is 54.4 Å². The Bertz CT molecular complexity index is 2750. The third kappa shape index (κ3) is 18.9. The second-order valence-electron chi connectivity index (χ2n) is 16.4. The number of anilines is 1. The zero-order valence-corrected chi connectivity index (χ0v) is 43.3. The van der Waals surface area contributed by atoms with E-state index >= 15 is 0 Å². The molecule has 0 aliphatic carbocycles. The van der Waals surface area contributed by atoms with Gasteiger partial charge in [-0.15, -0.1) is 0 Å². The number of ether oxygens (including phenoxy) is 7. The molecule has 1 aromatic heterocycles. The first-order valence-electron chi connectivity index (χ1n) is 23.3. The van der Waals surface area contributed by atoms with Crippen molar-refractivity contribution in [1.82, 2.24) is 30.2 Å². The van der Waals surface area contributed by atoms with Crippen molar-refractivity contribution in [3.8, 4) is 17.0 Å². The molecule has 1 aliphatic heterocycles. The molecule has 0 spiro atoms. The van der Waals surface area contributed by atoms with Crippen LogP contribution in [-0.4, -0.2) is 160 Å². The van der Waals surface area contributed by atoms with Crippen molar-refractivity contribution in [1.29, 1.82) is 5.41 Å². The smallest absolute Gasteiger partial charge is 0.246 e. The fourth-order valence-corrected chi connectivity index (χ4v) is 9.35. The topological polar surface area (TPSA) is 260 Å². The van der Waals surface area contributed by atoms with E-state index in [1.54, 1.807) is 42.5 Å². The number of nitrogens with zero attached hydrogens (tertiary/aromatic N) is 3. The number of carbonyl (C=O) groups is 2. The van der Waals surface area contributed by atoms with Crippen molar-refractivity contribution < 1.29 is 51.2 Å². The van der Waals surface area contributed by atoms with Crippen LogP contribution < -0.4 is 31.1 Å². The zero-order valence-electron chi connectivity index (χ0n) is 40.3. The number of carbonyl (C=O) groups excluding carboxylic acids is 2. The maximum atomic E-state index is 13.1. The second kappa shape index (κ2) is 29.6. The lowest BCUT2D eigenvalue weighted by molar-refractivity contribution is -0.131. The molecule has 0 radical (unpaired) electrons. The van der Waals surface area contributed by atoms with Crippen molar-refractivity contribution in [2.24, 2.45) is 5.73 Å². The van der Waals surface area contributed by atoms with Gasteiger partial charge in [0, 0.05) is 64.7 Å². The van der Waals surface area contributed by atoms with Crippen molar-refractivity contribution >= 4 is 79.5 Å². The number of sulfonamides is 1. The Morgan fingerprint density at radius 3 is 2.03 bits per heavy atom. The van der Waals surface area contributed by atoms with Gasteiger partial charge in [0.05, 0.1) is 82.2 Å². The Balaban J connectivity index is 0.709. The number of fused-ring (bicyclic) bond motifs is 2. The third-order valence-electron chi connectivity index (χ3n) is 10.8. The van der Waals surface area contributed by atoms with Crippen LogP contribution in [-0.2, 0) is 54.6 Å². The van der Waals surface area contributed by atoms with Crippen LogP contribution in [0.4, 0.5) is 5.95 Å². The number of likely N-dealkylation sites (N-methyl/N-ethyl adjacent to an activating group) is 1. The maximum absolute atomic E-state index is 13.1. The average Bonchev–Trinajstić information content (AvgIpc) is 3.35. The normalized spacial score (nSPS) is 13.7. The zero-order chi connectivity index (χ0) is 52.0. The second-order valence-corrected chi connectivity index (χ2v) is 19.4. The van der Waals surface area contributed by atoms with Crippen molar-refractivity contribution in [2.75, 3.05) is 124 Å². The first-order chi connectivity index (χ1) is 35.3. The molecule has 0 bridgehead atoms. The minimum atomic E-state index is -3.79. The van der Waals surface area contributed by atoms with Gasteiger partial charge in [-0.2, -0.15) is 0 Å². The summed E-state index contributed by atoms with van der Waals surface area (Å²) in [7, 11) is -1.79. The van der Waals surface area contributed by atoms with Crippen LogP contribution in [0, 0.1) is 5.41 Å². The van der Waals surface area contributed by atoms with Gasteiger partial charge >= 0.3 is 0 Å². The van der Waals surface area contributed by atoms with E-state index in [4.69, 9.17) is 79.1 Å². The standard InChI is InChI=1S/C49H60Cl3N9O11S/c1-61-29-41(39-27-36(51)28-43(52)42(39)30-61)33-4-3-7-38(25-33)73(64,65)57-12-15-68-18-20-69-19-16-66-13-10-55-45(62)31-71-32-46(63)56-11-14-67-17-21-70-22-23-72-37-6-2-5-34(24-37)47-40-26-35(50)8-9-44(40)58-49(59-47)60-48(53)54/h2-9,24-28,41,57H,10-23,29-32H2,1H3,(H,55,62)(H,56,63)(H4,53,54,58,59,60)/t41-/m0/s1. The molecule has 0 fully saturated rings. The Morgan fingerprint density at radius 2 is 1.36 bits per heavy atom. The number of rotatable bonds is 31. The van der Waals surface area contributed by atoms with E-state index in [9.17, 15) is 18.0 Å². The number of hydrogen-bond donors (Lipinski definition) is 6. The lowest BCUT2D eigenvalue weighted by Gasteiger charge is -2.33. The molecular formula is C49H60Cl3N9O11S. The molecular weight excluding hydrogens is 1030 g/mol. The van der Waals surface area contributed by atoms with Crippen LogP contribution in [0.1, 0.15) is 22.6 Å². The molecule has 7 N–H and O–H groups in total. The quantitative estimate of drug-likeness (QED) is 0.0197. The lowest BCUT2D eigenvalue weighted by Crippen LogP contribution is -2.34. The summed E-state index contributed by atoms with van der Waals surface area (Å²) < 4.78 is 67.5. The van der Waals surface area contributed by atoms with Crippen LogP contribution in [0.2, 0.25) is 15.1 Å². The van der Waals surface area contributed by atoms with Crippen LogP contribution in [0.5, 0.6) is 5.75 Å². The van der Waals surface area contributed by atoms with Gasteiger partial charge in [-0.05, 0) is 78.3 Å². The van der Waals surface area contributed by atoms with Crippen LogP contribution in [0.25, 0.3) is 22.2 Å². The highest BCUT2D eigenvalue weighted by molar-refractivity contribution is 7.89. The summed E-state index contributed by atoms with van der Waals surface area (Å²) in [6.07, 6.45) is 0. The summed E-state index contributed by atoms with van der Waals surface area (Å²) in [6, 6.07) is 23.2. The van der Waals surface area contributed by atoms with Crippen LogP contribution >= 0.6 is 34.8 Å². The minimum Gasteiger partial charge on any atom is -0.491 e. The van der Waals surface area contributed by atoms with Gasteiger partial charge in [-0.1, -0.05) is 59.1 Å². The van der Waals surface area contributed by atoms with Crippen molar-refractivity contribution in [3.63, 3.8) is 0 Å². The molecule has 0 saturated heterocycles. The summed E-state index contributed by atoms with van der Waals surface area (Å²) in [4.78, 5) is 35.4. The molecule has 73 heavy (non-hydrogen) atoms. The summed E-state index contributed by atoms with van der Waals surface area (Å²) >= 11 is 19.1. The SMILES string of the molecule is CN1Cc2c(Cl)cc(Cl)cc2[C@H](c2cccc(S(=O)(=O)NCCOCCOCCOCCNC(=O)COCC(=O)NCCOCCOCCOc3cccc(-c4nc(NC(=N)N)nc5ccc(Cl)cc45)c3)c2)C1. The van der Waals surface area contributed by atoms with Crippen LogP contribution in [0.15, 0.2) is 83.8 Å². The predicted molar refractivity (Wildman–Crippen MR) is 278 cm³/mol. The summed E-state index contributed by atoms with van der Waals surface area (Å²) in [5.41, 5.74) is 10.3. The van der Waals surface area contributed by atoms with Gasteiger partial charge in [0.25, 0.3) is 0 Å². The number of guanidine groups is 1. The highest BCUT2D eigenvalue weighted by atomic mass is 35.5. The van der Waals surface area contributed by atoms with E-state index in [1.165, 1.54) is 0 Å². The number of amides is 2. The number of hydrogen-bond acceptors (Lipinski definition) is 15. The Hall–Kier alpha value is -5.27. The molecule has 20 nitrogen and oxygen atoms in total. The molecule has 1 atom stereocenters. The van der Waals surface area contributed by atoms with Crippen molar-refractivity contribution in [2.45, 2.75) is 17.4 Å². The molecule has 2 amide bonds. The van der Waals surface area contributed by atoms with E-state index in [0.29, 0.717) is 78.2 Å². The highest BCUT2D eigenvalue weighted by Crippen LogP contribution is 2.39. The largest absolute Gasteiger partial charge is 0.491 e. The first kappa shape index (κ1) is 57.0. The van der Waals surface area contributed by atoms with Gasteiger partial charge in [0.1, 0.15) is 25.6 Å². The fraction of sp³-hybridized carbons (Fsp3) is 0.408. The molecule has 4 aromatic carbocycles. The summed E-state index contributed by atoms with van der Waals surface area (Å²) in [6.45, 7) is 4.45. The molecule has 24 heteroatoms. The number of nitrogens with two attached hydrogens (primary N) is 1. The van der Waals surface area contributed by atoms with E-state index in [0.717, 1.165) is 27.6 Å². The summed E-state index contributed by atoms with van der Waals surface area (Å²) in [5.74, 6) is -0.365. The highest BCUT2D eigenvalue weighted by Gasteiger charge is 2.28. The Kier molecular flexibility index (Phi) is 23.1. The maximum Gasteiger partial charge on any atom is 0.246 e. The molecule has 394 valence electrons. The summed E-state index contributed by atoms with van der Waals surface area (Å²) in [5, 5.41) is 17.9. The monoisotopic (exact) mass is 1090 g/mol. The number of benzene rings is 4. The minimum absolute atomic E-state index is 0.0849. The first-order valence-corrected chi connectivity index (χ1v) is 25.9. The molecule has 2 heterocycles. The van der Waals surface area contributed by atoms with Crippen molar-refractivity contribution in [3.05, 3.63) is 111 Å².